The molecular formula is C11H19BrN4. The zero-order valence-corrected chi connectivity index (χ0v) is 11.7. The number of aryl methyl sites for hydroxylation is 1. The summed E-state index contributed by atoms with van der Waals surface area (Å²) in [5.41, 5.74) is 2.26. The predicted octanol–water partition coefficient (Wildman–Crippen LogP) is 2.37. The molecule has 0 saturated heterocycles. The second kappa shape index (κ2) is 6.81. The molecule has 1 rings (SSSR count). The van der Waals surface area contributed by atoms with E-state index < -0.39 is 0 Å². The lowest BCUT2D eigenvalue weighted by molar-refractivity contribution is 0.677. The SMILES string of the molecule is CCCNCC/C=C(/C)c1c(Br)nnn1C. The van der Waals surface area contributed by atoms with E-state index >= 15 is 0 Å². The summed E-state index contributed by atoms with van der Waals surface area (Å²) in [7, 11) is 1.90. The quantitative estimate of drug-likeness (QED) is 0.817. The number of nitrogens with zero attached hydrogens (tertiary/aromatic N) is 3. The molecular weight excluding hydrogens is 268 g/mol. The summed E-state index contributed by atoms with van der Waals surface area (Å²) in [6.45, 7) is 6.37. The molecule has 1 aromatic rings. The minimum Gasteiger partial charge on any atom is -0.316 e. The van der Waals surface area contributed by atoms with Crippen LogP contribution in [0.2, 0.25) is 0 Å². The van der Waals surface area contributed by atoms with Gasteiger partial charge in [-0.3, -0.25) is 0 Å². The highest BCUT2D eigenvalue weighted by Crippen LogP contribution is 2.20. The molecule has 0 unspecified atom stereocenters. The Morgan fingerprint density at radius 3 is 2.81 bits per heavy atom. The van der Waals surface area contributed by atoms with Crippen LogP contribution in [0, 0.1) is 0 Å². The molecule has 0 aromatic carbocycles. The fourth-order valence-electron chi connectivity index (χ4n) is 1.54. The van der Waals surface area contributed by atoms with Crippen molar-refractivity contribution in [2.75, 3.05) is 13.1 Å². The number of aromatic nitrogens is 3. The van der Waals surface area contributed by atoms with Gasteiger partial charge in [0.15, 0.2) is 4.60 Å². The third-order valence-corrected chi connectivity index (χ3v) is 2.89. The maximum absolute atomic E-state index is 3.97. The van der Waals surface area contributed by atoms with E-state index in [2.05, 4.69) is 51.5 Å². The van der Waals surface area contributed by atoms with Crippen LogP contribution in [-0.2, 0) is 7.05 Å². The van der Waals surface area contributed by atoms with Crippen LogP contribution in [0.3, 0.4) is 0 Å². The molecule has 0 fully saturated rings. The maximum Gasteiger partial charge on any atom is 0.155 e. The number of hydrogen-bond donors (Lipinski definition) is 1. The van der Waals surface area contributed by atoms with E-state index in [1.807, 2.05) is 7.05 Å². The molecule has 16 heavy (non-hydrogen) atoms. The lowest BCUT2D eigenvalue weighted by Gasteiger charge is -2.03. The molecule has 90 valence electrons. The van der Waals surface area contributed by atoms with Crippen molar-refractivity contribution in [1.29, 1.82) is 0 Å². The first-order chi connectivity index (χ1) is 7.66. The Bertz CT molecular complexity index is 337. The van der Waals surface area contributed by atoms with Crippen molar-refractivity contribution in [2.45, 2.75) is 26.7 Å². The van der Waals surface area contributed by atoms with Crippen molar-refractivity contribution < 1.29 is 0 Å². The Morgan fingerprint density at radius 2 is 2.25 bits per heavy atom. The first-order valence-corrected chi connectivity index (χ1v) is 6.39. The summed E-state index contributed by atoms with van der Waals surface area (Å²) >= 11 is 3.40. The molecule has 1 heterocycles. The fourth-order valence-corrected chi connectivity index (χ4v) is 2.18. The van der Waals surface area contributed by atoms with E-state index in [4.69, 9.17) is 0 Å². The van der Waals surface area contributed by atoms with E-state index in [1.54, 1.807) is 4.68 Å². The number of nitrogens with one attached hydrogen (secondary N) is 1. The van der Waals surface area contributed by atoms with Gasteiger partial charge in [0, 0.05) is 7.05 Å². The third-order valence-electron chi connectivity index (χ3n) is 2.36. The molecule has 0 bridgehead atoms. The highest BCUT2D eigenvalue weighted by Gasteiger charge is 2.08. The number of halogens is 1. The zero-order chi connectivity index (χ0) is 12.0. The molecule has 0 aliphatic heterocycles. The van der Waals surface area contributed by atoms with Crippen molar-refractivity contribution in [3.63, 3.8) is 0 Å². The Morgan fingerprint density at radius 1 is 1.50 bits per heavy atom. The van der Waals surface area contributed by atoms with Gasteiger partial charge in [-0.1, -0.05) is 18.2 Å². The van der Waals surface area contributed by atoms with E-state index in [1.165, 1.54) is 12.0 Å². The Labute approximate surface area is 105 Å². The normalized spacial score (nSPS) is 12.1. The van der Waals surface area contributed by atoms with E-state index in [0.717, 1.165) is 29.8 Å². The lowest BCUT2D eigenvalue weighted by Crippen LogP contribution is -2.15. The van der Waals surface area contributed by atoms with Crippen LogP contribution >= 0.6 is 15.9 Å². The molecule has 4 nitrogen and oxygen atoms in total. The molecule has 5 heteroatoms. The Kier molecular flexibility index (Phi) is 5.69. The van der Waals surface area contributed by atoms with Crippen molar-refractivity contribution in [2.24, 2.45) is 7.05 Å². The van der Waals surface area contributed by atoms with Gasteiger partial charge in [-0.15, -0.1) is 5.10 Å². The van der Waals surface area contributed by atoms with Gasteiger partial charge in [-0.05, 0) is 54.4 Å². The summed E-state index contributed by atoms with van der Waals surface area (Å²) in [6, 6.07) is 0. The number of rotatable bonds is 6. The Balaban J connectivity index is 2.50. The van der Waals surface area contributed by atoms with Gasteiger partial charge >= 0.3 is 0 Å². The van der Waals surface area contributed by atoms with E-state index in [0.29, 0.717) is 0 Å². The molecule has 0 atom stereocenters. The van der Waals surface area contributed by atoms with Gasteiger partial charge in [-0.25, -0.2) is 4.68 Å². The van der Waals surface area contributed by atoms with Crippen molar-refractivity contribution in [3.8, 4) is 0 Å². The molecule has 0 spiro atoms. The van der Waals surface area contributed by atoms with Crippen LogP contribution in [0.25, 0.3) is 5.57 Å². The first kappa shape index (κ1) is 13.4. The van der Waals surface area contributed by atoms with Crippen LogP contribution in [0.5, 0.6) is 0 Å². The molecule has 0 saturated carbocycles. The predicted molar refractivity (Wildman–Crippen MR) is 70.1 cm³/mol. The monoisotopic (exact) mass is 286 g/mol. The van der Waals surface area contributed by atoms with Crippen molar-refractivity contribution >= 4 is 21.5 Å². The second-order valence-corrected chi connectivity index (χ2v) is 4.53. The average Bonchev–Trinajstić information content (AvgIpc) is 2.58. The van der Waals surface area contributed by atoms with Gasteiger partial charge in [0.05, 0.1) is 5.69 Å². The van der Waals surface area contributed by atoms with Gasteiger partial charge in [0.1, 0.15) is 0 Å². The lowest BCUT2D eigenvalue weighted by atomic mass is 10.2. The molecule has 0 aliphatic carbocycles. The molecule has 0 aliphatic rings. The standard InChI is InChI=1S/C11H19BrN4/c1-4-7-13-8-5-6-9(2)10-11(12)14-15-16(10)3/h6,13H,4-5,7-8H2,1-3H3/b9-6-. The van der Waals surface area contributed by atoms with Gasteiger partial charge < -0.3 is 5.32 Å². The van der Waals surface area contributed by atoms with Gasteiger partial charge in [0.25, 0.3) is 0 Å². The average molecular weight is 287 g/mol. The third kappa shape index (κ3) is 3.72. The van der Waals surface area contributed by atoms with E-state index in [9.17, 15) is 0 Å². The summed E-state index contributed by atoms with van der Waals surface area (Å²) < 4.78 is 2.60. The number of hydrogen-bond acceptors (Lipinski definition) is 3. The molecule has 1 aromatic heterocycles. The van der Waals surface area contributed by atoms with Crippen LogP contribution in [0.1, 0.15) is 32.4 Å². The van der Waals surface area contributed by atoms with Crippen LogP contribution in [-0.4, -0.2) is 28.1 Å². The highest BCUT2D eigenvalue weighted by molar-refractivity contribution is 9.10. The minimum absolute atomic E-state index is 0.810. The van der Waals surface area contributed by atoms with Crippen molar-refractivity contribution in [1.82, 2.24) is 20.3 Å². The largest absolute Gasteiger partial charge is 0.316 e. The van der Waals surface area contributed by atoms with Crippen LogP contribution in [0.15, 0.2) is 10.7 Å². The molecule has 0 amide bonds. The highest BCUT2D eigenvalue weighted by atomic mass is 79.9. The summed E-state index contributed by atoms with van der Waals surface area (Å²) in [6.07, 6.45) is 4.43. The summed E-state index contributed by atoms with van der Waals surface area (Å²) in [5, 5.41) is 11.3. The number of allylic oxidation sites excluding steroid dienone is 1. The van der Waals surface area contributed by atoms with Gasteiger partial charge in [-0.2, -0.15) is 0 Å². The zero-order valence-electron chi connectivity index (χ0n) is 10.1. The van der Waals surface area contributed by atoms with Crippen LogP contribution < -0.4 is 5.32 Å². The molecule has 1 N–H and O–H groups in total. The molecule has 0 radical (unpaired) electrons. The van der Waals surface area contributed by atoms with Crippen LogP contribution in [0.4, 0.5) is 0 Å². The smallest absolute Gasteiger partial charge is 0.155 e. The van der Waals surface area contributed by atoms with Gasteiger partial charge in [0.2, 0.25) is 0 Å². The van der Waals surface area contributed by atoms with E-state index in [-0.39, 0.29) is 0 Å². The topological polar surface area (TPSA) is 42.7 Å². The Hall–Kier alpha value is -0.680. The summed E-state index contributed by atoms with van der Waals surface area (Å²) in [5.74, 6) is 0. The second-order valence-electron chi connectivity index (χ2n) is 3.78. The fraction of sp³-hybridized carbons (Fsp3) is 0.636. The first-order valence-electron chi connectivity index (χ1n) is 5.59. The minimum atomic E-state index is 0.810. The maximum atomic E-state index is 3.97. The van der Waals surface area contributed by atoms with Crippen molar-refractivity contribution in [3.05, 3.63) is 16.4 Å². The summed E-state index contributed by atoms with van der Waals surface area (Å²) in [4.78, 5) is 0.